The van der Waals surface area contributed by atoms with Crippen LogP contribution in [0.2, 0.25) is 0 Å². The van der Waals surface area contributed by atoms with Crippen LogP contribution in [0.3, 0.4) is 0 Å². The molecule has 116 valence electrons. The summed E-state index contributed by atoms with van der Waals surface area (Å²) in [4.78, 5) is 23.3. The lowest BCUT2D eigenvalue weighted by Gasteiger charge is -2.23. The highest BCUT2D eigenvalue weighted by atomic mass is 35.5. The van der Waals surface area contributed by atoms with Gasteiger partial charge in [-0.15, -0.1) is 12.4 Å². The predicted octanol–water partition coefficient (Wildman–Crippen LogP) is 2.06. The van der Waals surface area contributed by atoms with Crippen molar-refractivity contribution in [3.8, 4) is 0 Å². The summed E-state index contributed by atoms with van der Waals surface area (Å²) in [6, 6.07) is 2.80. The highest BCUT2D eigenvalue weighted by molar-refractivity contribution is 5.98. The maximum absolute atomic E-state index is 14.0. The molecular formula is C14H19ClFN3O2. The van der Waals surface area contributed by atoms with Crippen molar-refractivity contribution in [1.29, 1.82) is 0 Å². The summed E-state index contributed by atoms with van der Waals surface area (Å²) in [5, 5.41) is 5.19. The third kappa shape index (κ3) is 3.71. The lowest BCUT2D eigenvalue weighted by atomic mass is 9.92. The first kappa shape index (κ1) is 17.4. The van der Waals surface area contributed by atoms with Gasteiger partial charge in [-0.05, 0) is 38.0 Å². The fourth-order valence-corrected chi connectivity index (χ4v) is 1.88. The fourth-order valence-electron chi connectivity index (χ4n) is 1.88. The number of aryl methyl sites for hydroxylation is 1. The maximum Gasteiger partial charge on any atom is 0.231 e. The van der Waals surface area contributed by atoms with E-state index in [9.17, 15) is 14.0 Å². The number of carbonyl (C=O) groups excluding carboxylic acids is 2. The summed E-state index contributed by atoms with van der Waals surface area (Å²) in [6.07, 6.45) is 0.846. The normalized spacial score (nSPS) is 13.8. The molecule has 5 nitrogen and oxygen atoms in total. The third-order valence-corrected chi connectivity index (χ3v) is 3.46. The Morgan fingerprint density at radius 2 is 2.10 bits per heavy atom. The molecule has 0 bridgehead atoms. The Kier molecular flexibility index (Phi) is 5.31. The topological polar surface area (TPSA) is 84.2 Å². The van der Waals surface area contributed by atoms with Gasteiger partial charge < -0.3 is 16.4 Å². The highest BCUT2D eigenvalue weighted by Crippen LogP contribution is 2.29. The van der Waals surface area contributed by atoms with Gasteiger partial charge >= 0.3 is 0 Å². The Morgan fingerprint density at radius 3 is 2.71 bits per heavy atom. The summed E-state index contributed by atoms with van der Waals surface area (Å²) >= 11 is 0. The summed E-state index contributed by atoms with van der Waals surface area (Å²) in [5.74, 6) is -0.981. The van der Waals surface area contributed by atoms with E-state index in [0.29, 0.717) is 18.5 Å². The van der Waals surface area contributed by atoms with Crippen molar-refractivity contribution in [1.82, 2.24) is 0 Å². The van der Waals surface area contributed by atoms with E-state index >= 15 is 0 Å². The van der Waals surface area contributed by atoms with Crippen LogP contribution in [0.15, 0.2) is 12.1 Å². The number of fused-ring (bicyclic) bond motifs is 1. The SMILES string of the molecule is CC(C)(CN)C(=O)Nc1cc2c(cc1F)CCC(=O)N2.Cl. The van der Waals surface area contributed by atoms with Crippen LogP contribution in [0, 0.1) is 11.2 Å². The van der Waals surface area contributed by atoms with Crippen LogP contribution in [0.4, 0.5) is 15.8 Å². The molecule has 2 amide bonds. The average Bonchev–Trinajstić information content (AvgIpc) is 2.40. The number of nitrogens with one attached hydrogen (secondary N) is 2. The number of carbonyl (C=O) groups is 2. The molecule has 7 heteroatoms. The second-order valence-electron chi connectivity index (χ2n) is 5.58. The second kappa shape index (κ2) is 6.41. The van der Waals surface area contributed by atoms with Crippen molar-refractivity contribution >= 4 is 35.6 Å². The fraction of sp³-hybridized carbons (Fsp3) is 0.429. The Balaban J connectivity index is 0.00000220. The van der Waals surface area contributed by atoms with Crippen molar-refractivity contribution in [2.75, 3.05) is 17.2 Å². The molecule has 1 aliphatic rings. The molecule has 0 saturated heterocycles. The van der Waals surface area contributed by atoms with Crippen molar-refractivity contribution in [2.24, 2.45) is 11.1 Å². The van der Waals surface area contributed by atoms with Crippen LogP contribution in [-0.4, -0.2) is 18.4 Å². The Morgan fingerprint density at radius 1 is 1.43 bits per heavy atom. The number of benzene rings is 1. The minimum absolute atomic E-state index is 0. The van der Waals surface area contributed by atoms with Crippen LogP contribution >= 0.6 is 12.4 Å². The quantitative estimate of drug-likeness (QED) is 0.798. The highest BCUT2D eigenvalue weighted by Gasteiger charge is 2.27. The van der Waals surface area contributed by atoms with Gasteiger partial charge in [0.15, 0.2) is 0 Å². The summed E-state index contributed by atoms with van der Waals surface area (Å²) in [7, 11) is 0. The van der Waals surface area contributed by atoms with Crippen LogP contribution in [0.1, 0.15) is 25.8 Å². The van der Waals surface area contributed by atoms with E-state index in [1.54, 1.807) is 13.8 Å². The molecule has 0 aliphatic carbocycles. The molecule has 0 aromatic heterocycles. The van der Waals surface area contributed by atoms with Crippen molar-refractivity contribution < 1.29 is 14.0 Å². The zero-order chi connectivity index (χ0) is 14.9. The molecule has 0 atom stereocenters. The molecule has 21 heavy (non-hydrogen) atoms. The lowest BCUT2D eigenvalue weighted by molar-refractivity contribution is -0.123. The van der Waals surface area contributed by atoms with E-state index in [0.717, 1.165) is 5.56 Å². The van der Waals surface area contributed by atoms with Crippen LogP contribution < -0.4 is 16.4 Å². The Hall–Kier alpha value is -1.66. The van der Waals surface area contributed by atoms with Gasteiger partial charge in [-0.1, -0.05) is 0 Å². The minimum Gasteiger partial charge on any atom is -0.329 e. The molecule has 1 aromatic carbocycles. The van der Waals surface area contributed by atoms with Gasteiger partial charge in [0.1, 0.15) is 5.82 Å². The largest absolute Gasteiger partial charge is 0.329 e. The van der Waals surface area contributed by atoms with Crippen LogP contribution in [-0.2, 0) is 16.0 Å². The van der Waals surface area contributed by atoms with E-state index in [1.807, 2.05) is 0 Å². The molecule has 0 unspecified atom stereocenters. The summed E-state index contributed by atoms with van der Waals surface area (Å²) < 4.78 is 14.0. The number of hydrogen-bond acceptors (Lipinski definition) is 3. The van der Waals surface area contributed by atoms with E-state index in [2.05, 4.69) is 10.6 Å². The summed E-state index contributed by atoms with van der Waals surface area (Å²) in [6.45, 7) is 3.52. The molecule has 0 fully saturated rings. The molecule has 0 saturated carbocycles. The van der Waals surface area contributed by atoms with Gasteiger partial charge in [-0.2, -0.15) is 0 Å². The van der Waals surface area contributed by atoms with Gasteiger partial charge in [0.2, 0.25) is 11.8 Å². The molecular weight excluding hydrogens is 297 g/mol. The van der Waals surface area contributed by atoms with Gasteiger partial charge in [-0.25, -0.2) is 4.39 Å². The number of amides is 2. The molecule has 2 rings (SSSR count). The monoisotopic (exact) mass is 315 g/mol. The first-order chi connectivity index (χ1) is 9.33. The van der Waals surface area contributed by atoms with Gasteiger partial charge in [0, 0.05) is 18.7 Å². The van der Waals surface area contributed by atoms with Gasteiger partial charge in [0.05, 0.1) is 11.1 Å². The van der Waals surface area contributed by atoms with Crippen LogP contribution in [0.5, 0.6) is 0 Å². The van der Waals surface area contributed by atoms with Crippen molar-refractivity contribution in [3.63, 3.8) is 0 Å². The van der Waals surface area contributed by atoms with Crippen molar-refractivity contribution in [3.05, 3.63) is 23.5 Å². The zero-order valence-corrected chi connectivity index (χ0v) is 12.8. The molecule has 1 aliphatic heterocycles. The molecule has 0 radical (unpaired) electrons. The van der Waals surface area contributed by atoms with E-state index in [1.165, 1.54) is 12.1 Å². The molecule has 0 spiro atoms. The number of nitrogens with two attached hydrogens (primary N) is 1. The predicted molar refractivity (Wildman–Crippen MR) is 82.1 cm³/mol. The Labute approximate surface area is 128 Å². The summed E-state index contributed by atoms with van der Waals surface area (Å²) in [5.41, 5.74) is 6.06. The Bertz CT molecular complexity index is 576. The van der Waals surface area contributed by atoms with E-state index < -0.39 is 11.2 Å². The van der Waals surface area contributed by atoms with E-state index in [-0.39, 0.29) is 36.5 Å². The minimum atomic E-state index is -0.786. The third-order valence-electron chi connectivity index (χ3n) is 3.46. The van der Waals surface area contributed by atoms with Crippen molar-refractivity contribution in [2.45, 2.75) is 26.7 Å². The lowest BCUT2D eigenvalue weighted by Crippen LogP contribution is -2.37. The average molecular weight is 316 g/mol. The number of anilines is 2. The number of hydrogen-bond donors (Lipinski definition) is 3. The van der Waals surface area contributed by atoms with E-state index in [4.69, 9.17) is 5.73 Å². The van der Waals surface area contributed by atoms with Gasteiger partial charge in [-0.3, -0.25) is 9.59 Å². The van der Waals surface area contributed by atoms with Crippen LogP contribution in [0.25, 0.3) is 0 Å². The maximum atomic E-state index is 14.0. The molecule has 1 heterocycles. The smallest absolute Gasteiger partial charge is 0.231 e. The first-order valence-corrected chi connectivity index (χ1v) is 6.47. The molecule has 4 N–H and O–H groups in total. The standard InChI is InChI=1S/C14H18FN3O2.ClH/c1-14(2,7-16)13(20)18-11-6-10-8(5-9(11)15)3-4-12(19)17-10;/h5-6H,3-4,7,16H2,1-2H3,(H,17,19)(H,18,20);1H. The first-order valence-electron chi connectivity index (χ1n) is 6.47. The number of halogens is 2. The second-order valence-corrected chi connectivity index (χ2v) is 5.58. The number of rotatable bonds is 3. The van der Waals surface area contributed by atoms with Gasteiger partial charge in [0.25, 0.3) is 0 Å². The molecule has 1 aromatic rings. The zero-order valence-electron chi connectivity index (χ0n) is 12.0.